The number of carbonyl (C=O) groups is 1. The fraction of sp³-hybridized carbons (Fsp3) is 0.364. The highest BCUT2D eigenvalue weighted by Gasteiger charge is 2.24. The summed E-state index contributed by atoms with van der Waals surface area (Å²) in [4.78, 5) is 10.7. The average molecular weight is 343 g/mol. The van der Waals surface area contributed by atoms with Crippen molar-refractivity contribution in [1.29, 1.82) is 0 Å². The highest BCUT2D eigenvalue weighted by atomic mass is 35.5. The first-order valence-electron chi connectivity index (χ1n) is 5.44. The van der Waals surface area contributed by atoms with Crippen molar-refractivity contribution in [3.63, 3.8) is 0 Å². The molecular formula is C11H12Cl2O6S. The van der Waals surface area contributed by atoms with Gasteiger partial charge in [0.15, 0.2) is 9.84 Å². The molecule has 1 aromatic carbocycles. The van der Waals surface area contributed by atoms with Crippen LogP contribution in [0.1, 0.15) is 10.4 Å². The van der Waals surface area contributed by atoms with Gasteiger partial charge in [-0.2, -0.15) is 0 Å². The van der Waals surface area contributed by atoms with Crippen LogP contribution in [0, 0.1) is 0 Å². The van der Waals surface area contributed by atoms with Gasteiger partial charge < -0.3 is 14.9 Å². The summed E-state index contributed by atoms with van der Waals surface area (Å²) in [6.45, 7) is -0.334. The first-order valence-corrected chi connectivity index (χ1v) is 7.84. The van der Waals surface area contributed by atoms with E-state index in [1.807, 2.05) is 0 Å². The topological polar surface area (TPSA) is 101 Å². The van der Waals surface area contributed by atoms with Gasteiger partial charge >= 0.3 is 5.97 Å². The van der Waals surface area contributed by atoms with E-state index in [4.69, 9.17) is 38.2 Å². The van der Waals surface area contributed by atoms with E-state index in [1.54, 1.807) is 0 Å². The molecule has 0 aliphatic rings. The number of aliphatic hydroxyl groups is 1. The van der Waals surface area contributed by atoms with Crippen LogP contribution in [0.5, 0.6) is 0 Å². The van der Waals surface area contributed by atoms with Crippen molar-refractivity contribution in [1.82, 2.24) is 0 Å². The van der Waals surface area contributed by atoms with Crippen LogP contribution in [0.25, 0.3) is 0 Å². The van der Waals surface area contributed by atoms with E-state index in [0.717, 1.165) is 6.07 Å². The van der Waals surface area contributed by atoms with E-state index >= 15 is 0 Å². The van der Waals surface area contributed by atoms with Crippen molar-refractivity contribution in [2.45, 2.75) is 4.90 Å². The first-order chi connectivity index (χ1) is 9.31. The summed E-state index contributed by atoms with van der Waals surface area (Å²) in [6, 6.07) is 2.32. The molecule has 0 unspecified atom stereocenters. The Bertz CT molecular complexity index is 599. The Morgan fingerprint density at radius 2 is 1.90 bits per heavy atom. The lowest BCUT2D eigenvalue weighted by atomic mass is 10.2. The maximum absolute atomic E-state index is 12.0. The quantitative estimate of drug-likeness (QED) is 0.727. The van der Waals surface area contributed by atoms with Crippen molar-refractivity contribution in [2.75, 3.05) is 25.6 Å². The molecule has 2 N–H and O–H groups in total. The lowest BCUT2D eigenvalue weighted by Crippen LogP contribution is -2.15. The number of sulfone groups is 1. The van der Waals surface area contributed by atoms with Crippen LogP contribution in [-0.2, 0) is 14.6 Å². The summed E-state index contributed by atoms with van der Waals surface area (Å²) in [5, 5.41) is 16.9. The summed E-state index contributed by atoms with van der Waals surface area (Å²) in [5.74, 6) is -1.79. The molecule has 0 saturated heterocycles. The van der Waals surface area contributed by atoms with Crippen LogP contribution in [0.3, 0.4) is 0 Å². The van der Waals surface area contributed by atoms with Gasteiger partial charge in [-0.05, 0) is 12.1 Å². The van der Waals surface area contributed by atoms with E-state index in [0.29, 0.717) is 0 Å². The number of carboxylic acid groups (broad SMARTS) is 1. The molecule has 1 rings (SSSR count). The molecule has 0 atom stereocenters. The largest absolute Gasteiger partial charge is 0.478 e. The van der Waals surface area contributed by atoms with Gasteiger partial charge in [0, 0.05) is 0 Å². The zero-order valence-electron chi connectivity index (χ0n) is 10.2. The van der Waals surface area contributed by atoms with Gasteiger partial charge in [0.25, 0.3) is 0 Å². The van der Waals surface area contributed by atoms with Crippen molar-refractivity contribution in [3.8, 4) is 0 Å². The zero-order chi connectivity index (χ0) is 15.3. The predicted molar refractivity (Wildman–Crippen MR) is 73.4 cm³/mol. The lowest BCUT2D eigenvalue weighted by molar-refractivity contribution is 0.0697. The summed E-state index contributed by atoms with van der Waals surface area (Å²) in [7, 11) is -3.80. The van der Waals surface area contributed by atoms with Gasteiger partial charge in [0.05, 0.1) is 46.1 Å². The van der Waals surface area contributed by atoms with Crippen LogP contribution < -0.4 is 0 Å². The molecule has 0 spiro atoms. The summed E-state index contributed by atoms with van der Waals surface area (Å²) < 4.78 is 28.9. The Morgan fingerprint density at radius 3 is 2.45 bits per heavy atom. The number of aromatic carboxylic acids is 1. The smallest absolute Gasteiger partial charge is 0.338 e. The van der Waals surface area contributed by atoms with E-state index in [1.165, 1.54) is 6.07 Å². The highest BCUT2D eigenvalue weighted by molar-refractivity contribution is 7.91. The van der Waals surface area contributed by atoms with Gasteiger partial charge in [-0.3, -0.25) is 0 Å². The third kappa shape index (κ3) is 4.07. The summed E-state index contributed by atoms with van der Waals surface area (Å²) in [6.07, 6.45) is 0. The molecule has 0 aliphatic carbocycles. The minimum absolute atomic E-state index is 0.0181. The number of hydrogen-bond acceptors (Lipinski definition) is 5. The second-order valence-electron chi connectivity index (χ2n) is 3.69. The van der Waals surface area contributed by atoms with Crippen LogP contribution >= 0.6 is 23.2 Å². The molecule has 0 heterocycles. The molecule has 0 saturated carbocycles. The van der Waals surface area contributed by atoms with Crippen LogP contribution in [0.4, 0.5) is 0 Å². The Morgan fingerprint density at radius 1 is 1.25 bits per heavy atom. The average Bonchev–Trinajstić information content (AvgIpc) is 2.34. The van der Waals surface area contributed by atoms with Gasteiger partial charge in [-0.25, -0.2) is 13.2 Å². The SMILES string of the molecule is O=C(O)c1c(Cl)ccc(S(=O)(=O)CCOCCO)c1Cl. The first kappa shape index (κ1) is 17.2. The molecular weight excluding hydrogens is 331 g/mol. The van der Waals surface area contributed by atoms with Gasteiger partial charge in [-0.1, -0.05) is 23.2 Å². The summed E-state index contributed by atoms with van der Waals surface area (Å²) >= 11 is 11.5. The molecule has 0 amide bonds. The molecule has 0 bridgehead atoms. The van der Waals surface area contributed by atoms with E-state index < -0.39 is 26.4 Å². The number of halogens is 2. The Balaban J connectivity index is 3.07. The van der Waals surface area contributed by atoms with E-state index in [9.17, 15) is 13.2 Å². The molecule has 6 nitrogen and oxygen atoms in total. The second kappa shape index (κ2) is 7.24. The van der Waals surface area contributed by atoms with Crippen LogP contribution in [0.15, 0.2) is 17.0 Å². The van der Waals surface area contributed by atoms with E-state index in [2.05, 4.69) is 0 Å². The van der Waals surface area contributed by atoms with Gasteiger partial charge in [0.2, 0.25) is 0 Å². The number of hydrogen-bond donors (Lipinski definition) is 2. The van der Waals surface area contributed by atoms with Crippen molar-refractivity contribution >= 4 is 39.0 Å². The van der Waals surface area contributed by atoms with Crippen molar-refractivity contribution in [2.24, 2.45) is 0 Å². The van der Waals surface area contributed by atoms with Crippen LogP contribution in [0.2, 0.25) is 10.0 Å². The maximum atomic E-state index is 12.0. The van der Waals surface area contributed by atoms with Crippen molar-refractivity contribution in [3.05, 3.63) is 27.7 Å². The maximum Gasteiger partial charge on any atom is 0.338 e. The van der Waals surface area contributed by atoms with E-state index in [-0.39, 0.29) is 35.5 Å². The number of aliphatic hydroxyl groups excluding tert-OH is 1. The number of benzene rings is 1. The number of carboxylic acids is 1. The van der Waals surface area contributed by atoms with Crippen LogP contribution in [-0.4, -0.2) is 50.2 Å². The molecule has 1 aromatic rings. The Kier molecular flexibility index (Phi) is 6.22. The fourth-order valence-corrected chi connectivity index (χ4v) is 3.51. The molecule has 0 aromatic heterocycles. The zero-order valence-corrected chi connectivity index (χ0v) is 12.5. The second-order valence-corrected chi connectivity index (χ2v) is 6.56. The standard InChI is InChI=1S/C11H12Cl2O6S/c12-7-1-2-8(10(13)9(7)11(15)16)20(17,18)6-5-19-4-3-14/h1-2,14H,3-6H2,(H,15,16). The minimum Gasteiger partial charge on any atom is -0.478 e. The van der Waals surface area contributed by atoms with Gasteiger partial charge in [0.1, 0.15) is 0 Å². The fourth-order valence-electron chi connectivity index (χ4n) is 1.41. The molecule has 9 heteroatoms. The van der Waals surface area contributed by atoms with Crippen molar-refractivity contribution < 1.29 is 28.2 Å². The summed E-state index contributed by atoms with van der Waals surface area (Å²) in [5.41, 5.74) is -0.453. The normalized spacial score (nSPS) is 11.6. The predicted octanol–water partition coefficient (Wildman–Crippen LogP) is 1.47. The Labute approximate surface area is 125 Å². The highest BCUT2D eigenvalue weighted by Crippen LogP contribution is 2.31. The lowest BCUT2D eigenvalue weighted by Gasteiger charge is -2.10. The molecule has 0 radical (unpaired) electrons. The number of rotatable bonds is 7. The van der Waals surface area contributed by atoms with Gasteiger partial charge in [-0.15, -0.1) is 0 Å². The molecule has 20 heavy (non-hydrogen) atoms. The minimum atomic E-state index is -3.80. The number of ether oxygens (including phenoxy) is 1. The Hall–Kier alpha value is -0.860. The molecule has 0 aliphatic heterocycles. The molecule has 112 valence electrons. The third-order valence-corrected chi connectivity index (χ3v) is 4.87. The molecule has 0 fully saturated rings. The monoisotopic (exact) mass is 342 g/mol. The third-order valence-electron chi connectivity index (χ3n) is 2.34.